The van der Waals surface area contributed by atoms with Crippen molar-refractivity contribution in [3.05, 3.63) is 46.2 Å². The van der Waals surface area contributed by atoms with Gasteiger partial charge in [0.05, 0.1) is 21.9 Å². The lowest BCUT2D eigenvalue weighted by Crippen LogP contribution is -1.97. The van der Waals surface area contributed by atoms with Gasteiger partial charge in [-0.25, -0.2) is 13.5 Å². The zero-order valence-electron chi connectivity index (χ0n) is 7.82. The van der Waals surface area contributed by atoms with E-state index in [4.69, 9.17) is 0 Å². The lowest BCUT2D eigenvalue weighted by molar-refractivity contribution is 0.112. The molecule has 0 atom stereocenters. The molecule has 0 bridgehead atoms. The second-order valence-electron chi connectivity index (χ2n) is 3.06. The molecular formula is C10H5BrF2N2O. The molecule has 0 unspecified atom stereocenters. The predicted octanol–water partition coefficient (Wildman–Crippen LogP) is 2.73. The minimum atomic E-state index is -0.724. The summed E-state index contributed by atoms with van der Waals surface area (Å²) in [7, 11) is 0. The average Bonchev–Trinajstić information content (AvgIpc) is 2.73. The van der Waals surface area contributed by atoms with Gasteiger partial charge in [0.2, 0.25) is 0 Å². The molecule has 1 aromatic heterocycles. The highest BCUT2D eigenvalue weighted by Crippen LogP contribution is 2.22. The van der Waals surface area contributed by atoms with Crippen LogP contribution in [0.1, 0.15) is 10.4 Å². The Hall–Kier alpha value is -1.56. The average molecular weight is 287 g/mol. The Balaban J connectivity index is 2.52. The van der Waals surface area contributed by atoms with Crippen molar-refractivity contribution in [3.63, 3.8) is 0 Å². The third-order valence-corrected chi connectivity index (χ3v) is 2.73. The van der Waals surface area contributed by atoms with Gasteiger partial charge in [0.25, 0.3) is 0 Å². The first-order valence-corrected chi connectivity index (χ1v) is 5.06. The van der Waals surface area contributed by atoms with E-state index in [1.54, 1.807) is 0 Å². The highest BCUT2D eigenvalue weighted by atomic mass is 79.9. The van der Waals surface area contributed by atoms with Crippen molar-refractivity contribution in [1.29, 1.82) is 0 Å². The minimum absolute atomic E-state index is 0.214. The molecule has 0 spiro atoms. The molecule has 0 aliphatic carbocycles. The maximum Gasteiger partial charge on any atom is 0.153 e. The van der Waals surface area contributed by atoms with Gasteiger partial charge in [-0.2, -0.15) is 5.10 Å². The summed E-state index contributed by atoms with van der Waals surface area (Å²) in [6.07, 6.45) is 3.30. The van der Waals surface area contributed by atoms with Gasteiger partial charge in [-0.05, 0) is 15.9 Å². The van der Waals surface area contributed by atoms with E-state index in [2.05, 4.69) is 21.0 Å². The van der Waals surface area contributed by atoms with Gasteiger partial charge < -0.3 is 0 Å². The molecule has 0 saturated carbocycles. The van der Waals surface area contributed by atoms with Gasteiger partial charge in [-0.15, -0.1) is 0 Å². The van der Waals surface area contributed by atoms with Crippen LogP contribution in [0, 0.1) is 11.6 Å². The van der Waals surface area contributed by atoms with Crippen LogP contribution < -0.4 is 0 Å². The van der Waals surface area contributed by atoms with Gasteiger partial charge in [-0.1, -0.05) is 0 Å². The van der Waals surface area contributed by atoms with E-state index < -0.39 is 11.6 Å². The fourth-order valence-electron chi connectivity index (χ4n) is 1.21. The van der Waals surface area contributed by atoms with Crippen LogP contribution in [0.25, 0.3) is 5.69 Å². The smallest absolute Gasteiger partial charge is 0.153 e. The van der Waals surface area contributed by atoms with E-state index in [-0.39, 0.29) is 10.2 Å². The lowest BCUT2D eigenvalue weighted by Gasteiger charge is -2.03. The normalized spacial score (nSPS) is 10.4. The van der Waals surface area contributed by atoms with E-state index >= 15 is 0 Å². The second kappa shape index (κ2) is 4.13. The highest BCUT2D eigenvalue weighted by molar-refractivity contribution is 9.10. The monoisotopic (exact) mass is 286 g/mol. The van der Waals surface area contributed by atoms with Crippen LogP contribution >= 0.6 is 15.9 Å². The molecule has 2 aromatic rings. The SMILES string of the molecule is O=Cc1cnn(-c2cc(F)c(Br)c(F)c2)c1. The van der Waals surface area contributed by atoms with Crippen LogP contribution in [-0.4, -0.2) is 16.1 Å². The summed E-state index contributed by atoms with van der Waals surface area (Å²) >= 11 is 2.77. The van der Waals surface area contributed by atoms with Crippen molar-refractivity contribution in [2.75, 3.05) is 0 Å². The van der Waals surface area contributed by atoms with Crippen LogP contribution in [0.2, 0.25) is 0 Å². The first-order chi connectivity index (χ1) is 7.61. The van der Waals surface area contributed by atoms with E-state index in [1.807, 2.05) is 0 Å². The van der Waals surface area contributed by atoms with Crippen molar-refractivity contribution in [2.24, 2.45) is 0 Å². The Labute approximate surface area is 97.8 Å². The van der Waals surface area contributed by atoms with Crippen LogP contribution in [0.4, 0.5) is 8.78 Å². The molecule has 2 rings (SSSR count). The molecule has 0 N–H and O–H groups in total. The Morgan fingerprint density at radius 3 is 2.44 bits per heavy atom. The van der Waals surface area contributed by atoms with Crippen molar-refractivity contribution >= 4 is 22.2 Å². The van der Waals surface area contributed by atoms with Gasteiger partial charge in [-0.3, -0.25) is 4.79 Å². The van der Waals surface area contributed by atoms with E-state index in [9.17, 15) is 13.6 Å². The number of nitrogens with zero attached hydrogens (tertiary/aromatic N) is 2. The third-order valence-electron chi connectivity index (χ3n) is 1.97. The van der Waals surface area contributed by atoms with Crippen LogP contribution in [-0.2, 0) is 0 Å². The number of hydrogen-bond donors (Lipinski definition) is 0. The molecule has 6 heteroatoms. The zero-order chi connectivity index (χ0) is 11.7. The van der Waals surface area contributed by atoms with Crippen LogP contribution in [0.3, 0.4) is 0 Å². The van der Waals surface area contributed by atoms with Gasteiger partial charge in [0.1, 0.15) is 11.6 Å². The minimum Gasteiger partial charge on any atom is -0.298 e. The van der Waals surface area contributed by atoms with Gasteiger partial charge in [0, 0.05) is 18.3 Å². The first kappa shape index (κ1) is 10.9. The zero-order valence-corrected chi connectivity index (χ0v) is 9.41. The molecule has 0 amide bonds. The molecule has 0 radical (unpaired) electrons. The van der Waals surface area contributed by atoms with Crippen molar-refractivity contribution in [3.8, 4) is 5.69 Å². The highest BCUT2D eigenvalue weighted by Gasteiger charge is 2.10. The predicted molar refractivity (Wildman–Crippen MR) is 56.6 cm³/mol. The number of halogens is 3. The summed E-state index contributed by atoms with van der Waals surface area (Å²) in [5.41, 5.74) is 0.551. The molecule has 82 valence electrons. The quantitative estimate of drug-likeness (QED) is 0.629. The number of rotatable bonds is 2. The van der Waals surface area contributed by atoms with Crippen molar-refractivity contribution in [2.45, 2.75) is 0 Å². The fourth-order valence-corrected chi connectivity index (χ4v) is 1.44. The molecular weight excluding hydrogens is 282 g/mol. The molecule has 0 aliphatic rings. The molecule has 0 fully saturated rings. The van der Waals surface area contributed by atoms with E-state index in [1.165, 1.54) is 17.1 Å². The Morgan fingerprint density at radius 1 is 1.31 bits per heavy atom. The maximum absolute atomic E-state index is 13.2. The maximum atomic E-state index is 13.2. The van der Waals surface area contributed by atoms with Gasteiger partial charge in [0.15, 0.2) is 6.29 Å². The van der Waals surface area contributed by atoms with Crippen molar-refractivity contribution in [1.82, 2.24) is 9.78 Å². The topological polar surface area (TPSA) is 34.9 Å². The van der Waals surface area contributed by atoms with Gasteiger partial charge >= 0.3 is 0 Å². The molecule has 3 nitrogen and oxygen atoms in total. The summed E-state index contributed by atoms with van der Waals surface area (Å²) in [5, 5.41) is 3.81. The summed E-state index contributed by atoms with van der Waals surface area (Å²) < 4.78 is 27.4. The second-order valence-corrected chi connectivity index (χ2v) is 3.85. The number of carbonyl (C=O) groups excluding carboxylic acids is 1. The molecule has 1 aromatic carbocycles. The van der Waals surface area contributed by atoms with E-state index in [0.717, 1.165) is 12.1 Å². The number of aldehydes is 1. The number of hydrogen-bond acceptors (Lipinski definition) is 2. The molecule has 0 saturated heterocycles. The summed E-state index contributed by atoms with van der Waals surface area (Å²) in [6, 6.07) is 2.24. The lowest BCUT2D eigenvalue weighted by atomic mass is 10.3. The van der Waals surface area contributed by atoms with Crippen LogP contribution in [0.15, 0.2) is 29.0 Å². The Morgan fingerprint density at radius 2 is 1.94 bits per heavy atom. The standard InChI is InChI=1S/C10H5BrF2N2O/c11-10-8(12)1-7(2-9(10)13)15-4-6(5-16)3-14-15/h1-5H. The Kier molecular flexibility index (Phi) is 2.82. The first-order valence-electron chi connectivity index (χ1n) is 4.26. The third kappa shape index (κ3) is 1.88. The molecule has 1 heterocycles. The fraction of sp³-hybridized carbons (Fsp3) is 0. The van der Waals surface area contributed by atoms with Crippen molar-refractivity contribution < 1.29 is 13.6 Å². The Bertz CT molecular complexity index is 530. The summed E-state index contributed by atoms with van der Waals surface area (Å²) in [6.45, 7) is 0. The molecule has 0 aliphatic heterocycles. The summed E-state index contributed by atoms with van der Waals surface area (Å²) in [4.78, 5) is 10.4. The van der Waals surface area contributed by atoms with Crippen LogP contribution in [0.5, 0.6) is 0 Å². The number of benzene rings is 1. The number of carbonyl (C=O) groups is 1. The largest absolute Gasteiger partial charge is 0.298 e. The summed E-state index contributed by atoms with van der Waals surface area (Å²) in [5.74, 6) is -1.45. The van der Waals surface area contributed by atoms with E-state index in [0.29, 0.717) is 11.8 Å². The molecule has 16 heavy (non-hydrogen) atoms. The number of aromatic nitrogens is 2.